The number of halogens is 1. The van der Waals surface area contributed by atoms with Crippen LogP contribution in [0.25, 0.3) is 22.2 Å². The van der Waals surface area contributed by atoms with Crippen LogP contribution in [0.15, 0.2) is 67.0 Å². The average Bonchev–Trinajstić information content (AvgIpc) is 3.18. The molecule has 0 aliphatic carbocycles. The van der Waals surface area contributed by atoms with Gasteiger partial charge in [0.25, 0.3) is 5.91 Å². The second-order valence-electron chi connectivity index (χ2n) is 7.85. The molecule has 0 atom stereocenters. The molecule has 1 saturated heterocycles. The summed E-state index contributed by atoms with van der Waals surface area (Å²) < 4.78 is 27.8. The lowest BCUT2D eigenvalue weighted by molar-refractivity contribution is 0.102. The standard InChI is InChI=1S/C24H20ClN5O3S/c1-15-4-5-16(13-20(15)23-19-3-2-9-26-22(19)8-10-27-23)29-24(31)18-7-6-17(14-21(18)25)30-12-11-28-34(30,32)33/h2-10,13-14,28H,11-12H2,1H3,(H,29,31). The van der Waals surface area contributed by atoms with Crippen molar-refractivity contribution in [3.63, 3.8) is 0 Å². The van der Waals surface area contributed by atoms with Gasteiger partial charge in [0.2, 0.25) is 0 Å². The molecular weight excluding hydrogens is 474 g/mol. The molecule has 172 valence electrons. The first-order valence-electron chi connectivity index (χ1n) is 10.5. The van der Waals surface area contributed by atoms with Gasteiger partial charge >= 0.3 is 10.2 Å². The van der Waals surface area contributed by atoms with Gasteiger partial charge in [-0.3, -0.25) is 19.1 Å². The number of nitrogens with one attached hydrogen (secondary N) is 2. The summed E-state index contributed by atoms with van der Waals surface area (Å²) in [5.41, 5.74) is 4.73. The van der Waals surface area contributed by atoms with E-state index in [1.54, 1.807) is 18.5 Å². The molecule has 1 amide bonds. The summed E-state index contributed by atoms with van der Waals surface area (Å²) in [6, 6.07) is 15.8. The molecule has 2 aromatic carbocycles. The highest BCUT2D eigenvalue weighted by molar-refractivity contribution is 7.91. The van der Waals surface area contributed by atoms with Gasteiger partial charge in [0.1, 0.15) is 0 Å². The van der Waals surface area contributed by atoms with Crippen molar-refractivity contribution in [3.05, 3.63) is 83.1 Å². The Morgan fingerprint density at radius 3 is 2.71 bits per heavy atom. The number of aromatic nitrogens is 2. The van der Waals surface area contributed by atoms with E-state index in [0.29, 0.717) is 24.5 Å². The minimum Gasteiger partial charge on any atom is -0.322 e. The van der Waals surface area contributed by atoms with Gasteiger partial charge in [-0.05, 0) is 61.0 Å². The van der Waals surface area contributed by atoms with Crippen LogP contribution >= 0.6 is 11.6 Å². The fraction of sp³-hybridized carbons (Fsp3) is 0.125. The molecule has 2 aromatic heterocycles. The van der Waals surface area contributed by atoms with Crippen molar-refractivity contribution in [1.82, 2.24) is 14.7 Å². The second kappa shape index (κ2) is 8.68. The van der Waals surface area contributed by atoms with Crippen LogP contribution in [0.2, 0.25) is 5.02 Å². The number of hydrogen-bond acceptors (Lipinski definition) is 5. The van der Waals surface area contributed by atoms with E-state index in [0.717, 1.165) is 27.7 Å². The first-order chi connectivity index (χ1) is 16.3. The summed E-state index contributed by atoms with van der Waals surface area (Å²) in [7, 11) is -3.58. The smallest absolute Gasteiger partial charge is 0.301 e. The van der Waals surface area contributed by atoms with E-state index in [2.05, 4.69) is 20.0 Å². The molecule has 2 N–H and O–H groups in total. The number of nitrogens with zero attached hydrogens (tertiary/aromatic N) is 3. The lowest BCUT2D eigenvalue weighted by Gasteiger charge is -2.17. The van der Waals surface area contributed by atoms with Crippen molar-refractivity contribution in [1.29, 1.82) is 0 Å². The van der Waals surface area contributed by atoms with Gasteiger partial charge in [0.15, 0.2) is 0 Å². The molecule has 10 heteroatoms. The SMILES string of the molecule is Cc1ccc(NC(=O)c2ccc(N3CCNS3(=O)=O)cc2Cl)cc1-c1nccc2ncccc12. The van der Waals surface area contributed by atoms with Crippen LogP contribution in [0.1, 0.15) is 15.9 Å². The van der Waals surface area contributed by atoms with Crippen LogP contribution in [0.3, 0.4) is 0 Å². The molecule has 34 heavy (non-hydrogen) atoms. The molecule has 4 aromatic rings. The molecule has 5 rings (SSSR count). The normalized spacial score (nSPS) is 14.9. The van der Waals surface area contributed by atoms with Crippen molar-refractivity contribution in [2.75, 3.05) is 22.7 Å². The zero-order valence-corrected chi connectivity index (χ0v) is 19.7. The number of carbonyl (C=O) groups excluding carboxylic acids is 1. The van der Waals surface area contributed by atoms with E-state index in [1.165, 1.54) is 16.4 Å². The minimum atomic E-state index is -3.58. The Balaban J connectivity index is 1.44. The van der Waals surface area contributed by atoms with E-state index in [1.807, 2.05) is 43.3 Å². The highest BCUT2D eigenvalue weighted by Gasteiger charge is 2.28. The Kier molecular flexibility index (Phi) is 5.68. The van der Waals surface area contributed by atoms with Gasteiger partial charge in [0, 0.05) is 42.1 Å². The molecule has 1 aliphatic rings. The van der Waals surface area contributed by atoms with Crippen molar-refractivity contribution >= 4 is 50.0 Å². The number of anilines is 2. The van der Waals surface area contributed by atoms with Crippen LogP contribution in [0, 0.1) is 6.92 Å². The molecule has 3 heterocycles. The Labute approximate surface area is 201 Å². The van der Waals surface area contributed by atoms with Crippen molar-refractivity contribution in [3.8, 4) is 11.3 Å². The topological polar surface area (TPSA) is 104 Å². The van der Waals surface area contributed by atoms with E-state index < -0.39 is 16.1 Å². The van der Waals surface area contributed by atoms with Crippen LogP contribution < -0.4 is 14.3 Å². The summed E-state index contributed by atoms with van der Waals surface area (Å²) in [4.78, 5) is 21.9. The zero-order valence-electron chi connectivity index (χ0n) is 18.1. The monoisotopic (exact) mass is 493 g/mol. The molecule has 1 fully saturated rings. The maximum atomic E-state index is 13.0. The Morgan fingerprint density at radius 1 is 1.09 bits per heavy atom. The predicted molar refractivity (Wildman–Crippen MR) is 133 cm³/mol. The number of benzene rings is 2. The minimum absolute atomic E-state index is 0.159. The number of pyridine rings is 2. The summed E-state index contributed by atoms with van der Waals surface area (Å²) in [5.74, 6) is -0.402. The molecule has 0 saturated carbocycles. The largest absolute Gasteiger partial charge is 0.322 e. The quantitative estimate of drug-likeness (QED) is 0.444. The number of rotatable bonds is 4. The van der Waals surface area contributed by atoms with Crippen molar-refractivity contribution < 1.29 is 13.2 Å². The Morgan fingerprint density at radius 2 is 1.94 bits per heavy atom. The fourth-order valence-corrected chi connectivity index (χ4v) is 5.44. The summed E-state index contributed by atoms with van der Waals surface area (Å²) in [6.45, 7) is 2.60. The third kappa shape index (κ3) is 4.09. The third-order valence-corrected chi connectivity index (χ3v) is 7.51. The molecular formula is C24H20ClN5O3S. The van der Waals surface area contributed by atoms with Crippen LogP contribution in [-0.2, 0) is 10.2 Å². The Hall–Kier alpha value is -3.53. The summed E-state index contributed by atoms with van der Waals surface area (Å²) in [6.07, 6.45) is 3.45. The maximum absolute atomic E-state index is 13.0. The summed E-state index contributed by atoms with van der Waals surface area (Å²) >= 11 is 6.36. The molecule has 0 radical (unpaired) electrons. The van der Waals surface area contributed by atoms with E-state index in [-0.39, 0.29) is 10.6 Å². The predicted octanol–water partition coefficient (Wildman–Crippen LogP) is 4.17. The molecule has 0 unspecified atom stereocenters. The first-order valence-corrected chi connectivity index (χ1v) is 12.3. The lowest BCUT2D eigenvalue weighted by atomic mass is 10.0. The van der Waals surface area contributed by atoms with Gasteiger partial charge in [-0.15, -0.1) is 0 Å². The number of amides is 1. The number of carbonyl (C=O) groups is 1. The zero-order chi connectivity index (χ0) is 23.9. The second-order valence-corrected chi connectivity index (χ2v) is 9.94. The lowest BCUT2D eigenvalue weighted by Crippen LogP contribution is -2.29. The highest BCUT2D eigenvalue weighted by atomic mass is 35.5. The molecule has 8 nitrogen and oxygen atoms in total. The van der Waals surface area contributed by atoms with Gasteiger partial charge in [-0.2, -0.15) is 13.1 Å². The van der Waals surface area contributed by atoms with Crippen LogP contribution in [-0.4, -0.2) is 37.4 Å². The fourth-order valence-electron chi connectivity index (χ4n) is 3.96. The number of aryl methyl sites for hydroxylation is 1. The molecule has 0 bridgehead atoms. The van der Waals surface area contributed by atoms with Gasteiger partial charge in [-0.25, -0.2) is 0 Å². The van der Waals surface area contributed by atoms with Gasteiger partial charge < -0.3 is 5.32 Å². The number of hydrogen-bond donors (Lipinski definition) is 2. The highest BCUT2D eigenvalue weighted by Crippen LogP contribution is 2.31. The van der Waals surface area contributed by atoms with E-state index in [9.17, 15) is 13.2 Å². The van der Waals surface area contributed by atoms with E-state index >= 15 is 0 Å². The number of fused-ring (bicyclic) bond motifs is 1. The Bertz CT molecular complexity index is 1540. The maximum Gasteiger partial charge on any atom is 0.301 e. The van der Waals surface area contributed by atoms with Gasteiger partial charge in [-0.1, -0.05) is 17.7 Å². The third-order valence-electron chi connectivity index (χ3n) is 5.66. The van der Waals surface area contributed by atoms with E-state index in [4.69, 9.17) is 11.6 Å². The van der Waals surface area contributed by atoms with Crippen LogP contribution in [0.4, 0.5) is 11.4 Å². The first kappa shape index (κ1) is 22.3. The van der Waals surface area contributed by atoms with Crippen LogP contribution in [0.5, 0.6) is 0 Å². The van der Waals surface area contributed by atoms with Crippen molar-refractivity contribution in [2.45, 2.75) is 6.92 Å². The van der Waals surface area contributed by atoms with Crippen molar-refractivity contribution in [2.24, 2.45) is 0 Å². The summed E-state index contributed by atoms with van der Waals surface area (Å²) in [5, 5.41) is 3.96. The van der Waals surface area contributed by atoms with Gasteiger partial charge in [0.05, 0.1) is 27.5 Å². The molecule has 0 spiro atoms. The average molecular weight is 494 g/mol. The molecule has 1 aliphatic heterocycles.